The van der Waals surface area contributed by atoms with Crippen molar-refractivity contribution in [1.82, 2.24) is 15.1 Å². The maximum atomic E-state index is 12.1. The number of amides is 1. The molecule has 1 saturated carbocycles. The van der Waals surface area contributed by atoms with Gasteiger partial charge in [0.05, 0.1) is 0 Å². The van der Waals surface area contributed by atoms with Crippen molar-refractivity contribution in [2.45, 2.75) is 39.2 Å². The Morgan fingerprint density at radius 2 is 2.11 bits per heavy atom. The van der Waals surface area contributed by atoms with Gasteiger partial charge in [0.25, 0.3) is 11.5 Å². The lowest BCUT2D eigenvalue weighted by molar-refractivity contribution is 0.0883. The van der Waals surface area contributed by atoms with Crippen molar-refractivity contribution >= 4 is 5.91 Å². The Balaban J connectivity index is 2.08. The van der Waals surface area contributed by atoms with Gasteiger partial charge in [-0.1, -0.05) is 26.7 Å². The molecule has 0 bridgehead atoms. The molecule has 1 aliphatic rings. The van der Waals surface area contributed by atoms with Crippen LogP contribution in [0.25, 0.3) is 0 Å². The Bertz CT molecular complexity index is 524. The highest BCUT2D eigenvalue weighted by molar-refractivity contribution is 5.92. The first-order valence-corrected chi connectivity index (χ1v) is 6.84. The van der Waals surface area contributed by atoms with Crippen molar-refractivity contribution < 1.29 is 4.79 Å². The molecule has 1 amide bonds. The summed E-state index contributed by atoms with van der Waals surface area (Å²) >= 11 is 0. The van der Waals surface area contributed by atoms with E-state index < -0.39 is 0 Å². The molecule has 3 unspecified atom stereocenters. The van der Waals surface area contributed by atoms with E-state index in [4.69, 9.17) is 0 Å². The lowest BCUT2D eigenvalue weighted by atomic mass is 9.78. The largest absolute Gasteiger partial charge is 0.348 e. The van der Waals surface area contributed by atoms with Crippen LogP contribution in [0.5, 0.6) is 0 Å². The van der Waals surface area contributed by atoms with Crippen LogP contribution in [0.15, 0.2) is 16.9 Å². The fourth-order valence-corrected chi connectivity index (χ4v) is 2.65. The van der Waals surface area contributed by atoms with Gasteiger partial charge < -0.3 is 5.32 Å². The molecule has 1 aromatic heterocycles. The molecule has 5 heteroatoms. The molecule has 1 fully saturated rings. The number of nitrogens with zero attached hydrogens (tertiary/aromatic N) is 2. The number of rotatable bonds is 2. The van der Waals surface area contributed by atoms with E-state index in [0.717, 1.165) is 12.8 Å². The number of aryl methyl sites for hydroxylation is 1. The number of hydrogen-bond donors (Lipinski definition) is 1. The van der Waals surface area contributed by atoms with Gasteiger partial charge in [0.2, 0.25) is 0 Å². The SMILES string of the molecule is CC1CCCC(NC(=O)c2ccc(=O)n(C)n2)C1C. The van der Waals surface area contributed by atoms with E-state index in [1.54, 1.807) is 7.05 Å². The van der Waals surface area contributed by atoms with Gasteiger partial charge in [-0.05, 0) is 24.3 Å². The Hall–Kier alpha value is -1.65. The van der Waals surface area contributed by atoms with E-state index in [1.807, 2.05) is 0 Å². The average molecular weight is 263 g/mol. The van der Waals surface area contributed by atoms with Crippen molar-refractivity contribution in [3.05, 3.63) is 28.2 Å². The molecular weight excluding hydrogens is 242 g/mol. The highest BCUT2D eigenvalue weighted by atomic mass is 16.2. The molecule has 0 aromatic carbocycles. The van der Waals surface area contributed by atoms with Crippen LogP contribution in [0.1, 0.15) is 43.6 Å². The molecule has 3 atom stereocenters. The van der Waals surface area contributed by atoms with Crippen molar-refractivity contribution in [2.75, 3.05) is 0 Å². The van der Waals surface area contributed by atoms with Crippen LogP contribution < -0.4 is 10.9 Å². The summed E-state index contributed by atoms with van der Waals surface area (Å²) in [6, 6.07) is 3.05. The monoisotopic (exact) mass is 263 g/mol. The lowest BCUT2D eigenvalue weighted by Gasteiger charge is -2.34. The van der Waals surface area contributed by atoms with E-state index in [0.29, 0.717) is 17.5 Å². The molecule has 0 saturated heterocycles. The summed E-state index contributed by atoms with van der Waals surface area (Å²) in [4.78, 5) is 23.4. The summed E-state index contributed by atoms with van der Waals surface area (Å²) in [6.45, 7) is 4.41. The van der Waals surface area contributed by atoms with Crippen molar-refractivity contribution in [1.29, 1.82) is 0 Å². The van der Waals surface area contributed by atoms with E-state index in [1.165, 1.54) is 23.2 Å². The van der Waals surface area contributed by atoms with Crippen LogP contribution in [0.3, 0.4) is 0 Å². The minimum Gasteiger partial charge on any atom is -0.348 e. The smallest absolute Gasteiger partial charge is 0.271 e. The first-order valence-electron chi connectivity index (χ1n) is 6.84. The summed E-state index contributed by atoms with van der Waals surface area (Å²) < 4.78 is 1.18. The summed E-state index contributed by atoms with van der Waals surface area (Å²) in [7, 11) is 1.55. The average Bonchev–Trinajstić information content (AvgIpc) is 2.38. The second-order valence-corrected chi connectivity index (χ2v) is 5.53. The maximum absolute atomic E-state index is 12.1. The molecule has 0 radical (unpaired) electrons. The van der Waals surface area contributed by atoms with Gasteiger partial charge in [0.15, 0.2) is 0 Å². The molecule has 1 N–H and O–H groups in total. The minimum atomic E-state index is -0.212. The normalized spacial score (nSPS) is 27.0. The summed E-state index contributed by atoms with van der Waals surface area (Å²) in [6.07, 6.45) is 3.39. The van der Waals surface area contributed by atoms with Crippen LogP contribution in [-0.2, 0) is 7.05 Å². The zero-order chi connectivity index (χ0) is 14.0. The Morgan fingerprint density at radius 3 is 2.79 bits per heavy atom. The molecule has 1 aliphatic carbocycles. The standard InChI is InChI=1S/C14H21N3O2/c1-9-5-4-6-11(10(9)2)15-14(19)12-7-8-13(18)17(3)16-12/h7-11H,4-6H2,1-3H3,(H,15,19). The van der Waals surface area contributed by atoms with Gasteiger partial charge in [-0.25, -0.2) is 4.68 Å². The van der Waals surface area contributed by atoms with Gasteiger partial charge in [0, 0.05) is 19.2 Å². The van der Waals surface area contributed by atoms with Crippen molar-refractivity contribution in [2.24, 2.45) is 18.9 Å². The summed E-state index contributed by atoms with van der Waals surface area (Å²) in [5, 5.41) is 7.02. The number of carbonyl (C=O) groups is 1. The number of aromatic nitrogens is 2. The Morgan fingerprint density at radius 1 is 1.37 bits per heavy atom. The number of hydrogen-bond acceptors (Lipinski definition) is 3. The second kappa shape index (κ2) is 5.55. The van der Waals surface area contributed by atoms with Crippen LogP contribution in [0.4, 0.5) is 0 Å². The summed E-state index contributed by atoms with van der Waals surface area (Å²) in [5.74, 6) is 0.916. The number of carbonyl (C=O) groups excluding carboxylic acids is 1. The van der Waals surface area contributed by atoms with Gasteiger partial charge in [-0.15, -0.1) is 0 Å². The third-order valence-electron chi connectivity index (χ3n) is 4.22. The van der Waals surface area contributed by atoms with E-state index in [-0.39, 0.29) is 17.5 Å². The molecule has 2 rings (SSSR count). The maximum Gasteiger partial charge on any atom is 0.271 e. The van der Waals surface area contributed by atoms with E-state index in [9.17, 15) is 9.59 Å². The molecule has 0 aliphatic heterocycles. The topological polar surface area (TPSA) is 64.0 Å². The fourth-order valence-electron chi connectivity index (χ4n) is 2.65. The van der Waals surface area contributed by atoms with Crippen LogP contribution in [-0.4, -0.2) is 21.7 Å². The third kappa shape index (κ3) is 3.03. The molecule has 1 aromatic rings. The van der Waals surface area contributed by atoms with Crippen LogP contribution >= 0.6 is 0 Å². The molecule has 0 spiro atoms. The highest BCUT2D eigenvalue weighted by Crippen LogP contribution is 2.29. The van der Waals surface area contributed by atoms with Gasteiger partial charge in [0.1, 0.15) is 5.69 Å². The number of nitrogens with one attached hydrogen (secondary N) is 1. The Kier molecular flexibility index (Phi) is 4.02. The van der Waals surface area contributed by atoms with Crippen molar-refractivity contribution in [3.63, 3.8) is 0 Å². The molecule has 5 nitrogen and oxygen atoms in total. The molecule has 1 heterocycles. The second-order valence-electron chi connectivity index (χ2n) is 5.53. The highest BCUT2D eigenvalue weighted by Gasteiger charge is 2.28. The van der Waals surface area contributed by atoms with Gasteiger partial charge >= 0.3 is 0 Å². The van der Waals surface area contributed by atoms with Gasteiger partial charge in [-0.3, -0.25) is 9.59 Å². The zero-order valence-corrected chi connectivity index (χ0v) is 11.7. The zero-order valence-electron chi connectivity index (χ0n) is 11.7. The molecule has 104 valence electrons. The first-order chi connectivity index (χ1) is 8.99. The van der Waals surface area contributed by atoms with Gasteiger partial charge in [-0.2, -0.15) is 5.10 Å². The molecule has 19 heavy (non-hydrogen) atoms. The van der Waals surface area contributed by atoms with E-state index in [2.05, 4.69) is 24.3 Å². The Labute approximate surface area is 113 Å². The van der Waals surface area contributed by atoms with E-state index >= 15 is 0 Å². The lowest BCUT2D eigenvalue weighted by Crippen LogP contribution is -2.44. The van der Waals surface area contributed by atoms with Crippen LogP contribution in [0, 0.1) is 11.8 Å². The third-order valence-corrected chi connectivity index (χ3v) is 4.22. The predicted molar refractivity (Wildman–Crippen MR) is 72.9 cm³/mol. The predicted octanol–water partition coefficient (Wildman–Crippen LogP) is 1.33. The van der Waals surface area contributed by atoms with Crippen molar-refractivity contribution in [3.8, 4) is 0 Å². The first kappa shape index (κ1) is 13.8. The summed E-state index contributed by atoms with van der Waals surface area (Å²) in [5.41, 5.74) is 0.0868. The fraction of sp³-hybridized carbons (Fsp3) is 0.643. The minimum absolute atomic E-state index is 0.193. The molecular formula is C14H21N3O2. The van der Waals surface area contributed by atoms with Crippen LogP contribution in [0.2, 0.25) is 0 Å². The quantitative estimate of drug-likeness (QED) is 0.875.